The quantitative estimate of drug-likeness (QED) is 0.0976. The molecule has 0 unspecified atom stereocenters. The van der Waals surface area contributed by atoms with Gasteiger partial charge < -0.3 is 9.47 Å². The van der Waals surface area contributed by atoms with E-state index in [0.717, 1.165) is 53.0 Å². The van der Waals surface area contributed by atoms with Crippen LogP contribution in [0.3, 0.4) is 0 Å². The van der Waals surface area contributed by atoms with Gasteiger partial charge in [0.15, 0.2) is 5.82 Å². The van der Waals surface area contributed by atoms with Crippen molar-refractivity contribution in [2.45, 2.75) is 71.1 Å². The number of nitrogens with zero attached hydrogens (tertiary/aromatic N) is 3. The number of aromatic nitrogens is 3. The molecule has 0 aliphatic rings. The Bertz CT molecular complexity index is 1570. The molecule has 0 bridgehead atoms. The number of rotatable bonds is 15. The predicted molar refractivity (Wildman–Crippen MR) is 169 cm³/mol. The van der Waals surface area contributed by atoms with E-state index in [4.69, 9.17) is 17.0 Å². The number of ether oxygens (including phenoxy) is 2. The number of carbonyl (C=O) groups is 1. The van der Waals surface area contributed by atoms with E-state index in [-0.39, 0.29) is 11.5 Å². The summed E-state index contributed by atoms with van der Waals surface area (Å²) in [7, 11) is 1.65. The van der Waals surface area contributed by atoms with Crippen molar-refractivity contribution in [3.8, 4) is 28.6 Å². The van der Waals surface area contributed by atoms with Crippen molar-refractivity contribution in [2.75, 3.05) is 7.11 Å². The van der Waals surface area contributed by atoms with E-state index in [1.165, 1.54) is 40.8 Å². The van der Waals surface area contributed by atoms with Gasteiger partial charge in [-0.2, -0.15) is 0 Å². The molecule has 0 fully saturated rings. The first-order chi connectivity index (χ1) is 21.0. The third-order valence-corrected chi connectivity index (χ3v) is 7.48. The number of halogens is 3. The van der Waals surface area contributed by atoms with Crippen LogP contribution in [0.25, 0.3) is 17.1 Å². The van der Waals surface area contributed by atoms with Gasteiger partial charge in [-0.15, -0.1) is 18.3 Å². The first-order valence-electron chi connectivity index (χ1n) is 14.6. The standard InChI is InChI=1S/C34H36F3N3O3S/c1-23(2)32-17-16-30(42-3)19-26(32)20-31(44)21-28(41)11-6-4-5-8-24-9-7-10-25(18-24)33-38-22-40(39-33)27-12-14-29(15-13-27)43-34(35,36)37/h7,9-10,12-19,22-23H,4-6,8,11,20-21H2,1-3H3. The number of alkyl halides is 3. The van der Waals surface area contributed by atoms with E-state index in [2.05, 4.69) is 34.7 Å². The average Bonchev–Trinajstić information content (AvgIpc) is 3.47. The Hall–Kier alpha value is -4.05. The molecule has 4 aromatic rings. The number of hydrogen-bond acceptors (Lipinski definition) is 6. The van der Waals surface area contributed by atoms with Crippen molar-refractivity contribution >= 4 is 22.9 Å². The number of carbonyl (C=O) groups excluding carboxylic acids is 1. The molecule has 0 radical (unpaired) electrons. The highest BCUT2D eigenvalue weighted by Gasteiger charge is 2.31. The van der Waals surface area contributed by atoms with Crippen LogP contribution in [0.5, 0.6) is 11.5 Å². The summed E-state index contributed by atoms with van der Waals surface area (Å²) in [5.41, 5.74) is 4.89. The number of ketones is 1. The van der Waals surface area contributed by atoms with Crippen LogP contribution >= 0.6 is 12.2 Å². The van der Waals surface area contributed by atoms with E-state index >= 15 is 0 Å². The summed E-state index contributed by atoms with van der Waals surface area (Å²) in [6.07, 6.45) is 1.74. The van der Waals surface area contributed by atoms with Crippen LogP contribution in [-0.2, 0) is 17.6 Å². The van der Waals surface area contributed by atoms with E-state index in [1.807, 2.05) is 36.4 Å². The maximum absolute atomic E-state index is 12.6. The van der Waals surface area contributed by atoms with Gasteiger partial charge in [-0.1, -0.05) is 56.8 Å². The second-order valence-electron chi connectivity index (χ2n) is 11.0. The first kappa shape index (κ1) is 32.9. The molecule has 3 aromatic carbocycles. The second-order valence-corrected chi connectivity index (χ2v) is 11.5. The fourth-order valence-electron chi connectivity index (χ4n) is 5.02. The summed E-state index contributed by atoms with van der Waals surface area (Å²) >= 11 is 5.59. The monoisotopic (exact) mass is 623 g/mol. The van der Waals surface area contributed by atoms with Gasteiger partial charge in [-0.25, -0.2) is 9.67 Å². The van der Waals surface area contributed by atoms with Gasteiger partial charge >= 0.3 is 6.36 Å². The van der Waals surface area contributed by atoms with Crippen LogP contribution in [0.2, 0.25) is 0 Å². The van der Waals surface area contributed by atoms with Gasteiger partial charge in [0.25, 0.3) is 0 Å². The maximum atomic E-state index is 12.6. The zero-order valence-electron chi connectivity index (χ0n) is 25.1. The zero-order valence-corrected chi connectivity index (χ0v) is 25.9. The molecule has 0 aliphatic carbocycles. The molecule has 1 aromatic heterocycles. The van der Waals surface area contributed by atoms with Crippen LogP contribution in [0, 0.1) is 0 Å². The molecular weight excluding hydrogens is 587 g/mol. The predicted octanol–water partition coefficient (Wildman–Crippen LogP) is 8.64. The Labute approximate surface area is 261 Å². The maximum Gasteiger partial charge on any atom is 0.573 e. The second kappa shape index (κ2) is 15.1. The molecule has 0 aliphatic heterocycles. The number of Topliss-reactive ketones (excluding diaryl/α,β-unsaturated/α-hetero) is 1. The minimum atomic E-state index is -4.74. The Balaban J connectivity index is 1.22. The smallest absolute Gasteiger partial charge is 0.497 e. The minimum absolute atomic E-state index is 0.176. The van der Waals surface area contributed by atoms with Crippen LogP contribution in [0.15, 0.2) is 73.1 Å². The first-order valence-corrected chi connectivity index (χ1v) is 15.0. The van der Waals surface area contributed by atoms with E-state index in [1.54, 1.807) is 7.11 Å². The minimum Gasteiger partial charge on any atom is -0.497 e. The van der Waals surface area contributed by atoms with Crippen molar-refractivity contribution < 1.29 is 27.4 Å². The summed E-state index contributed by atoms with van der Waals surface area (Å²) < 4.78 is 48.0. The van der Waals surface area contributed by atoms with Gasteiger partial charge in [-0.05, 0) is 84.3 Å². The average molecular weight is 624 g/mol. The van der Waals surface area contributed by atoms with Gasteiger partial charge in [0.05, 0.1) is 12.8 Å². The Morgan fingerprint density at radius 2 is 1.73 bits per heavy atom. The summed E-state index contributed by atoms with van der Waals surface area (Å²) in [4.78, 5) is 17.7. The van der Waals surface area contributed by atoms with Crippen molar-refractivity contribution in [3.05, 3.63) is 89.7 Å². The number of methoxy groups -OCH3 is 1. The Morgan fingerprint density at radius 1 is 0.977 bits per heavy atom. The lowest BCUT2D eigenvalue weighted by Gasteiger charge is -2.14. The lowest BCUT2D eigenvalue weighted by Crippen LogP contribution is -2.17. The molecule has 0 spiro atoms. The molecule has 4 rings (SSSR count). The molecule has 0 amide bonds. The van der Waals surface area contributed by atoms with Crippen LogP contribution in [0.4, 0.5) is 13.2 Å². The molecule has 1 heterocycles. The van der Waals surface area contributed by atoms with Crippen molar-refractivity contribution in [3.63, 3.8) is 0 Å². The summed E-state index contributed by atoms with van der Waals surface area (Å²) in [5.74, 6) is 1.54. The molecule has 6 nitrogen and oxygen atoms in total. The fourth-order valence-corrected chi connectivity index (χ4v) is 5.34. The SMILES string of the molecule is COc1ccc(C(C)C)c(CC(=S)CC(=O)CCCCCc2cccc(-c3ncn(-c4ccc(OC(F)(F)F)cc4)n3)c2)c1. The van der Waals surface area contributed by atoms with Crippen molar-refractivity contribution in [2.24, 2.45) is 0 Å². The number of aryl methyl sites for hydroxylation is 1. The van der Waals surface area contributed by atoms with Gasteiger partial charge in [0.2, 0.25) is 0 Å². The number of hydrogen-bond donors (Lipinski definition) is 0. The summed E-state index contributed by atoms with van der Waals surface area (Å²) in [5, 5.41) is 4.49. The zero-order chi connectivity index (χ0) is 31.7. The largest absolute Gasteiger partial charge is 0.573 e. The van der Waals surface area contributed by atoms with Gasteiger partial charge in [0.1, 0.15) is 23.6 Å². The molecule has 10 heteroatoms. The van der Waals surface area contributed by atoms with Crippen LogP contribution < -0.4 is 9.47 Å². The van der Waals surface area contributed by atoms with Crippen LogP contribution in [-0.4, -0.2) is 38.9 Å². The lowest BCUT2D eigenvalue weighted by atomic mass is 9.93. The van der Waals surface area contributed by atoms with Crippen molar-refractivity contribution in [1.29, 1.82) is 0 Å². The lowest BCUT2D eigenvalue weighted by molar-refractivity contribution is -0.274. The molecule has 0 saturated carbocycles. The fraction of sp³-hybridized carbons (Fsp3) is 0.353. The molecule has 232 valence electrons. The highest BCUT2D eigenvalue weighted by atomic mass is 32.1. The molecule has 44 heavy (non-hydrogen) atoms. The van der Waals surface area contributed by atoms with Gasteiger partial charge in [0, 0.05) is 29.7 Å². The highest BCUT2D eigenvalue weighted by Crippen LogP contribution is 2.26. The topological polar surface area (TPSA) is 66.2 Å². The van der Waals surface area contributed by atoms with Gasteiger partial charge in [-0.3, -0.25) is 4.79 Å². The van der Waals surface area contributed by atoms with E-state index in [9.17, 15) is 18.0 Å². The molecule has 0 saturated heterocycles. The number of thiocarbonyl (C=S) groups is 1. The number of benzene rings is 3. The van der Waals surface area contributed by atoms with E-state index in [0.29, 0.717) is 36.7 Å². The summed E-state index contributed by atoms with van der Waals surface area (Å²) in [6.45, 7) is 4.29. The summed E-state index contributed by atoms with van der Waals surface area (Å²) in [6, 6.07) is 19.4. The van der Waals surface area contributed by atoms with Crippen molar-refractivity contribution in [1.82, 2.24) is 14.8 Å². The van der Waals surface area contributed by atoms with E-state index < -0.39 is 6.36 Å². The molecular formula is C34H36F3N3O3S. The number of unbranched alkanes of at least 4 members (excludes halogenated alkanes) is 2. The third-order valence-electron chi connectivity index (χ3n) is 7.19. The van der Waals surface area contributed by atoms with Crippen LogP contribution in [0.1, 0.15) is 68.6 Å². The normalized spacial score (nSPS) is 11.5. The highest BCUT2D eigenvalue weighted by molar-refractivity contribution is 7.80. The Kier molecular flexibility index (Phi) is 11.3. The molecule has 0 atom stereocenters. The third kappa shape index (κ3) is 9.74. The molecule has 0 N–H and O–H groups in total. The Morgan fingerprint density at radius 3 is 2.43 bits per heavy atom.